The summed E-state index contributed by atoms with van der Waals surface area (Å²) in [4.78, 5) is 70.3. The molecule has 0 unspecified atom stereocenters. The van der Waals surface area contributed by atoms with Crippen molar-refractivity contribution in [2.24, 2.45) is 5.73 Å². The molecule has 0 aliphatic heterocycles. The smallest absolute Gasteiger partial charge is 0.326 e. The molecule has 0 aromatic rings. The van der Waals surface area contributed by atoms with Gasteiger partial charge in [0.25, 0.3) is 0 Å². The van der Waals surface area contributed by atoms with Crippen LogP contribution in [0.3, 0.4) is 0 Å². The van der Waals surface area contributed by atoms with Crippen LogP contribution >= 0.6 is 11.8 Å². The summed E-state index contributed by atoms with van der Waals surface area (Å²) < 4.78 is 7.12. The topological polar surface area (TPSA) is 225 Å². The van der Waals surface area contributed by atoms with Gasteiger partial charge in [0.1, 0.15) is 24.7 Å². The van der Waals surface area contributed by atoms with E-state index in [1.807, 2.05) is 0 Å². The van der Waals surface area contributed by atoms with Crippen LogP contribution in [0.4, 0.5) is 0 Å². The first-order valence-corrected chi connectivity index (χ1v) is 15.3. The average molecular weight is 606 g/mol. The highest BCUT2D eigenvalue weighted by atomic mass is 32.2. The molecule has 236 valence electrons. The van der Waals surface area contributed by atoms with E-state index in [1.165, 1.54) is 25.7 Å². The zero-order valence-electron chi connectivity index (χ0n) is 24.7. The molecule has 0 bridgehead atoms. The predicted octanol–water partition coefficient (Wildman–Crippen LogP) is 1.87. The van der Waals surface area contributed by atoms with E-state index in [2.05, 4.69) is 16.0 Å². The third-order valence-corrected chi connectivity index (χ3v) is 7.33. The molecule has 3 atom stereocenters. The minimum atomic E-state index is -1.30. The van der Waals surface area contributed by atoms with Crippen LogP contribution in [0.1, 0.15) is 98.2 Å². The van der Waals surface area contributed by atoms with E-state index in [9.17, 15) is 33.9 Å². The molecule has 8 N–H and O–H groups in total. The summed E-state index contributed by atoms with van der Waals surface area (Å²) in [6.45, 7) is -0.186. The molecule has 0 heterocycles. The molecule has 0 aromatic carbocycles. The van der Waals surface area contributed by atoms with Gasteiger partial charge in [-0.25, -0.2) is 4.79 Å². The number of carbonyl (C=O) groups is 6. The number of hydrogen-bond acceptors (Lipinski definition) is 8. The van der Waals surface area contributed by atoms with E-state index in [4.69, 9.17) is 17.3 Å². The van der Waals surface area contributed by atoms with E-state index >= 15 is 0 Å². The summed E-state index contributed by atoms with van der Waals surface area (Å²) in [6.07, 6.45) is 11.2. The van der Waals surface area contributed by atoms with Crippen molar-refractivity contribution in [2.75, 3.05) is 18.1 Å². The minimum Gasteiger partial charge on any atom is -0.480 e. The maximum Gasteiger partial charge on any atom is 0.326 e. The van der Waals surface area contributed by atoms with Gasteiger partial charge < -0.3 is 37.0 Å². The third kappa shape index (κ3) is 21.5. The number of nitrogens with two attached hydrogens (primary N) is 1. The van der Waals surface area contributed by atoms with Crippen LogP contribution in [-0.2, 0) is 28.8 Å². The first-order chi connectivity index (χ1) is 20.0. The van der Waals surface area contributed by atoms with Crippen molar-refractivity contribution in [3.63, 3.8) is 0 Å². The quantitative estimate of drug-likeness (QED) is 0.0704. The SMILES string of the molecule is [2H]CCCCCCCCCCCCCC(=O)N[C@@H](CCC(=O)N[C@H](CSC[C@H](N)C(=O)O)C(=O)NCC(=O)O)C(=O)O. The molecule has 41 heavy (non-hydrogen) atoms. The number of hydrogen-bond donors (Lipinski definition) is 7. The van der Waals surface area contributed by atoms with Gasteiger partial charge in [-0.3, -0.25) is 24.0 Å². The van der Waals surface area contributed by atoms with Crippen LogP contribution in [0.25, 0.3) is 0 Å². The second kappa shape index (κ2) is 23.8. The van der Waals surface area contributed by atoms with Crippen molar-refractivity contribution < 1.29 is 45.5 Å². The molecule has 0 rings (SSSR count). The van der Waals surface area contributed by atoms with Crippen molar-refractivity contribution in [3.8, 4) is 0 Å². The normalized spacial score (nSPS) is 13.3. The third-order valence-electron chi connectivity index (χ3n) is 6.16. The lowest BCUT2D eigenvalue weighted by atomic mass is 10.0. The monoisotopic (exact) mass is 605 g/mol. The lowest BCUT2D eigenvalue weighted by Crippen LogP contribution is -2.50. The Morgan fingerprint density at radius 2 is 1.27 bits per heavy atom. The zero-order valence-corrected chi connectivity index (χ0v) is 24.6. The van der Waals surface area contributed by atoms with Gasteiger partial charge >= 0.3 is 17.9 Å². The van der Waals surface area contributed by atoms with Crippen LogP contribution < -0.4 is 21.7 Å². The summed E-state index contributed by atoms with van der Waals surface area (Å²) in [5.74, 6) is -5.91. The molecule has 0 saturated heterocycles. The molecule has 0 aliphatic rings. The number of amides is 3. The maximum absolute atomic E-state index is 12.5. The van der Waals surface area contributed by atoms with Gasteiger partial charge in [-0.1, -0.05) is 71.1 Å². The Kier molecular flexibility index (Phi) is 21.0. The van der Waals surface area contributed by atoms with E-state index in [0.717, 1.165) is 50.3 Å². The zero-order chi connectivity index (χ0) is 31.8. The fraction of sp³-hybridized carbons (Fsp3) is 0.778. The van der Waals surface area contributed by atoms with Crippen molar-refractivity contribution in [1.82, 2.24) is 16.0 Å². The Balaban J connectivity index is 4.46. The van der Waals surface area contributed by atoms with Crippen molar-refractivity contribution in [1.29, 1.82) is 0 Å². The van der Waals surface area contributed by atoms with Crippen molar-refractivity contribution in [2.45, 2.75) is 115 Å². The van der Waals surface area contributed by atoms with E-state index in [0.29, 0.717) is 13.3 Å². The van der Waals surface area contributed by atoms with E-state index < -0.39 is 60.3 Å². The van der Waals surface area contributed by atoms with Gasteiger partial charge in [-0.15, -0.1) is 0 Å². The molecular weight excluding hydrogens is 556 g/mol. The first kappa shape index (κ1) is 36.2. The second-order valence-electron chi connectivity index (χ2n) is 9.85. The predicted molar refractivity (Wildman–Crippen MR) is 155 cm³/mol. The molecule has 13 nitrogen and oxygen atoms in total. The standard InChI is InChI=1S/C27H48N4O9S/c1-2-3-4-5-6-7-8-9-10-11-12-13-22(32)30-20(27(39)40)14-15-23(33)31-21(25(36)29-16-24(34)35)18-41-17-19(28)26(37)38/h19-21H,2-18,28H2,1H3,(H,29,36)(H,30,32)(H,31,33)(H,34,35)(H,37,38)(H,39,40)/t19-,20-,21+/m0/s1/i1D. The van der Waals surface area contributed by atoms with Gasteiger partial charge in [0.05, 0.1) is 0 Å². The number of unbranched alkanes of at least 4 members (excludes halogenated alkanes) is 10. The highest BCUT2D eigenvalue weighted by Crippen LogP contribution is 2.12. The number of nitrogens with one attached hydrogen (secondary N) is 3. The molecule has 0 fully saturated rings. The Morgan fingerprint density at radius 1 is 0.732 bits per heavy atom. The number of carbonyl (C=O) groups excluding carboxylic acids is 3. The minimum absolute atomic E-state index is 0.0601. The van der Waals surface area contributed by atoms with Crippen LogP contribution in [0.2, 0.25) is 0 Å². The summed E-state index contributed by atoms with van der Waals surface area (Å²) >= 11 is 0.974. The van der Waals surface area contributed by atoms with E-state index in [1.54, 1.807) is 0 Å². The molecule has 0 aromatic heterocycles. The maximum atomic E-state index is 12.5. The molecule has 0 spiro atoms. The number of thioether (sulfide) groups is 1. The second-order valence-corrected chi connectivity index (χ2v) is 10.9. The number of carboxylic acid groups (broad SMARTS) is 3. The lowest BCUT2D eigenvalue weighted by Gasteiger charge is -2.19. The Morgan fingerprint density at radius 3 is 1.80 bits per heavy atom. The molecule has 14 heteroatoms. The summed E-state index contributed by atoms with van der Waals surface area (Å²) in [7, 11) is 0. The Bertz CT molecular complexity index is 850. The summed E-state index contributed by atoms with van der Waals surface area (Å²) in [6, 6.07) is -3.70. The van der Waals surface area contributed by atoms with Gasteiger partial charge in [0, 0.05) is 25.7 Å². The molecule has 0 aliphatic carbocycles. The van der Waals surface area contributed by atoms with Crippen LogP contribution in [0, 0.1) is 0 Å². The number of aliphatic carboxylic acids is 3. The number of rotatable bonds is 26. The van der Waals surface area contributed by atoms with Gasteiger partial charge in [0.2, 0.25) is 17.7 Å². The summed E-state index contributed by atoms with van der Waals surface area (Å²) in [5.41, 5.74) is 5.43. The van der Waals surface area contributed by atoms with Gasteiger partial charge in [-0.2, -0.15) is 11.8 Å². The molecule has 0 radical (unpaired) electrons. The fourth-order valence-corrected chi connectivity index (χ4v) is 4.80. The van der Waals surface area contributed by atoms with Gasteiger partial charge in [-0.05, 0) is 12.8 Å². The van der Waals surface area contributed by atoms with E-state index in [-0.39, 0.29) is 30.8 Å². The first-order valence-electron chi connectivity index (χ1n) is 14.8. The molecule has 0 saturated carbocycles. The molecule has 3 amide bonds. The Labute approximate surface area is 247 Å². The highest BCUT2D eigenvalue weighted by molar-refractivity contribution is 7.99. The molecular formula is C27H48N4O9S. The van der Waals surface area contributed by atoms with Crippen molar-refractivity contribution >= 4 is 47.4 Å². The van der Waals surface area contributed by atoms with Crippen LogP contribution in [-0.4, -0.2) is 87.1 Å². The van der Waals surface area contributed by atoms with Crippen LogP contribution in [0.15, 0.2) is 0 Å². The highest BCUT2D eigenvalue weighted by Gasteiger charge is 2.25. The van der Waals surface area contributed by atoms with Crippen molar-refractivity contribution in [3.05, 3.63) is 0 Å². The average Bonchev–Trinajstić information content (AvgIpc) is 2.93. The lowest BCUT2D eigenvalue weighted by molar-refractivity contribution is -0.142. The number of carboxylic acids is 3. The summed E-state index contributed by atoms with van der Waals surface area (Å²) in [5, 5.41) is 34.1. The Hall–Kier alpha value is -2.87. The van der Waals surface area contributed by atoms with Crippen LogP contribution in [0.5, 0.6) is 0 Å². The van der Waals surface area contributed by atoms with Gasteiger partial charge in [0.15, 0.2) is 0 Å². The largest absolute Gasteiger partial charge is 0.480 e. The fourth-order valence-electron chi connectivity index (χ4n) is 3.80.